The maximum Gasteiger partial charge on any atom is 0.143 e. The number of hydrogen-bond acceptors (Lipinski definition) is 3. The van der Waals surface area contributed by atoms with E-state index in [0.717, 1.165) is 36.2 Å². The van der Waals surface area contributed by atoms with E-state index in [-0.39, 0.29) is 11.9 Å². The SMILES string of the molecule is CC(=O)CN1CCC(Oc2ccc(Br)cc2)CC1. The molecule has 0 saturated carbocycles. The van der Waals surface area contributed by atoms with E-state index in [1.165, 1.54) is 0 Å². The molecule has 0 N–H and O–H groups in total. The van der Waals surface area contributed by atoms with Crippen molar-refractivity contribution in [2.45, 2.75) is 25.9 Å². The van der Waals surface area contributed by atoms with Gasteiger partial charge in [-0.1, -0.05) is 15.9 Å². The highest BCUT2D eigenvalue weighted by Crippen LogP contribution is 2.21. The van der Waals surface area contributed by atoms with E-state index in [9.17, 15) is 4.79 Å². The van der Waals surface area contributed by atoms with E-state index in [4.69, 9.17) is 4.74 Å². The van der Waals surface area contributed by atoms with E-state index in [2.05, 4.69) is 20.8 Å². The quantitative estimate of drug-likeness (QED) is 0.856. The van der Waals surface area contributed by atoms with Gasteiger partial charge in [0.2, 0.25) is 0 Å². The number of likely N-dealkylation sites (tertiary alicyclic amines) is 1. The van der Waals surface area contributed by atoms with Crippen molar-refractivity contribution in [2.24, 2.45) is 0 Å². The molecule has 0 radical (unpaired) electrons. The van der Waals surface area contributed by atoms with E-state index < -0.39 is 0 Å². The largest absolute Gasteiger partial charge is 0.490 e. The van der Waals surface area contributed by atoms with Crippen LogP contribution in [-0.2, 0) is 4.79 Å². The fraction of sp³-hybridized carbons (Fsp3) is 0.500. The van der Waals surface area contributed by atoms with Crippen LogP contribution in [0.25, 0.3) is 0 Å². The number of rotatable bonds is 4. The number of hydrogen-bond donors (Lipinski definition) is 0. The van der Waals surface area contributed by atoms with Gasteiger partial charge in [-0.15, -0.1) is 0 Å². The molecule has 0 spiro atoms. The fourth-order valence-corrected chi connectivity index (χ4v) is 2.47. The highest BCUT2D eigenvalue weighted by atomic mass is 79.9. The van der Waals surface area contributed by atoms with Crippen LogP contribution in [0.1, 0.15) is 19.8 Å². The molecule has 0 atom stereocenters. The molecule has 0 unspecified atom stereocenters. The Balaban J connectivity index is 1.79. The molecule has 0 aliphatic carbocycles. The molecule has 1 saturated heterocycles. The Morgan fingerprint density at radius 3 is 2.50 bits per heavy atom. The molecule has 98 valence electrons. The zero-order valence-electron chi connectivity index (χ0n) is 10.6. The van der Waals surface area contributed by atoms with Crippen molar-refractivity contribution in [3.05, 3.63) is 28.7 Å². The first-order chi connectivity index (χ1) is 8.63. The lowest BCUT2D eigenvalue weighted by Crippen LogP contribution is -2.40. The molecule has 1 aliphatic rings. The smallest absolute Gasteiger partial charge is 0.143 e. The van der Waals surface area contributed by atoms with Crippen LogP contribution in [0.5, 0.6) is 5.75 Å². The lowest BCUT2D eigenvalue weighted by atomic mass is 10.1. The molecular weight excluding hydrogens is 294 g/mol. The topological polar surface area (TPSA) is 29.5 Å². The van der Waals surface area contributed by atoms with Crippen molar-refractivity contribution in [3.8, 4) is 5.75 Å². The molecule has 18 heavy (non-hydrogen) atoms. The van der Waals surface area contributed by atoms with E-state index in [1.807, 2.05) is 24.3 Å². The van der Waals surface area contributed by atoms with Crippen LogP contribution in [-0.4, -0.2) is 36.4 Å². The van der Waals surface area contributed by atoms with Crippen LogP contribution in [0.4, 0.5) is 0 Å². The monoisotopic (exact) mass is 311 g/mol. The Morgan fingerprint density at radius 1 is 1.33 bits per heavy atom. The molecule has 1 fully saturated rings. The second-order valence-corrected chi connectivity index (χ2v) is 5.66. The Labute approximate surface area is 116 Å². The van der Waals surface area contributed by atoms with Gasteiger partial charge in [-0.05, 0) is 44.0 Å². The molecule has 3 nitrogen and oxygen atoms in total. The van der Waals surface area contributed by atoms with E-state index in [0.29, 0.717) is 6.54 Å². The van der Waals surface area contributed by atoms with E-state index in [1.54, 1.807) is 6.92 Å². The van der Waals surface area contributed by atoms with Gasteiger partial charge < -0.3 is 4.74 Å². The molecule has 1 aromatic carbocycles. The van der Waals surface area contributed by atoms with Gasteiger partial charge in [-0.2, -0.15) is 0 Å². The summed E-state index contributed by atoms with van der Waals surface area (Å²) in [7, 11) is 0. The summed E-state index contributed by atoms with van der Waals surface area (Å²) in [6.07, 6.45) is 2.25. The number of piperidine rings is 1. The Bertz CT molecular complexity index is 397. The first-order valence-corrected chi connectivity index (χ1v) is 7.07. The van der Waals surface area contributed by atoms with Crippen LogP contribution in [0.15, 0.2) is 28.7 Å². The van der Waals surface area contributed by atoms with Crippen molar-refractivity contribution in [1.82, 2.24) is 4.90 Å². The summed E-state index contributed by atoms with van der Waals surface area (Å²) >= 11 is 3.41. The van der Waals surface area contributed by atoms with E-state index >= 15 is 0 Å². The predicted molar refractivity (Wildman–Crippen MR) is 74.9 cm³/mol. The standard InChI is InChI=1S/C14H18BrNO2/c1-11(17)10-16-8-6-14(7-9-16)18-13-4-2-12(15)3-5-13/h2-5,14H,6-10H2,1H3. The highest BCUT2D eigenvalue weighted by molar-refractivity contribution is 9.10. The van der Waals surface area contributed by atoms with Gasteiger partial charge in [0.1, 0.15) is 17.6 Å². The van der Waals surface area contributed by atoms with Gasteiger partial charge in [-0.25, -0.2) is 0 Å². The summed E-state index contributed by atoms with van der Waals surface area (Å²) in [4.78, 5) is 13.2. The summed E-state index contributed by atoms with van der Waals surface area (Å²) < 4.78 is 6.99. The van der Waals surface area contributed by atoms with Crippen LogP contribution < -0.4 is 4.74 Å². The summed E-state index contributed by atoms with van der Waals surface area (Å²) in [5.41, 5.74) is 0. The summed E-state index contributed by atoms with van der Waals surface area (Å²) in [5.74, 6) is 1.16. The number of ether oxygens (including phenoxy) is 1. The molecule has 0 bridgehead atoms. The number of carbonyl (C=O) groups is 1. The normalized spacial score (nSPS) is 17.7. The van der Waals surface area contributed by atoms with Crippen molar-refractivity contribution >= 4 is 21.7 Å². The summed E-state index contributed by atoms with van der Waals surface area (Å²) in [6, 6.07) is 7.93. The van der Waals surface area contributed by atoms with Crippen LogP contribution in [0.3, 0.4) is 0 Å². The molecule has 0 amide bonds. The lowest BCUT2D eigenvalue weighted by molar-refractivity contribution is -0.118. The average Bonchev–Trinajstić information content (AvgIpc) is 2.34. The Hall–Kier alpha value is -0.870. The maximum absolute atomic E-state index is 11.0. The number of benzene rings is 1. The highest BCUT2D eigenvalue weighted by Gasteiger charge is 2.20. The molecule has 4 heteroatoms. The van der Waals surface area contributed by atoms with Crippen molar-refractivity contribution < 1.29 is 9.53 Å². The second kappa shape index (κ2) is 6.34. The number of ketones is 1. The molecule has 1 aliphatic heterocycles. The average molecular weight is 312 g/mol. The second-order valence-electron chi connectivity index (χ2n) is 4.75. The van der Waals surface area contributed by atoms with Crippen molar-refractivity contribution in [1.29, 1.82) is 0 Å². The Kier molecular flexibility index (Phi) is 4.78. The number of Topliss-reactive ketones (excluding diaryl/α,β-unsaturated/α-hetero) is 1. The summed E-state index contributed by atoms with van der Waals surface area (Å²) in [6.45, 7) is 4.11. The zero-order valence-corrected chi connectivity index (χ0v) is 12.1. The van der Waals surface area contributed by atoms with Gasteiger partial charge in [0, 0.05) is 17.6 Å². The van der Waals surface area contributed by atoms with Crippen molar-refractivity contribution in [3.63, 3.8) is 0 Å². The minimum atomic E-state index is 0.238. The third-order valence-electron chi connectivity index (χ3n) is 3.10. The Morgan fingerprint density at radius 2 is 1.94 bits per heavy atom. The number of carbonyl (C=O) groups excluding carboxylic acids is 1. The summed E-state index contributed by atoms with van der Waals surface area (Å²) in [5, 5.41) is 0. The molecule has 1 heterocycles. The van der Waals surface area contributed by atoms with Gasteiger partial charge in [0.15, 0.2) is 0 Å². The molecular formula is C14H18BrNO2. The van der Waals surface area contributed by atoms with Gasteiger partial charge >= 0.3 is 0 Å². The minimum Gasteiger partial charge on any atom is -0.490 e. The van der Waals surface area contributed by atoms with Crippen LogP contribution in [0, 0.1) is 0 Å². The minimum absolute atomic E-state index is 0.238. The molecule has 2 rings (SSSR count). The zero-order chi connectivity index (χ0) is 13.0. The third kappa shape index (κ3) is 4.10. The van der Waals surface area contributed by atoms with Crippen LogP contribution >= 0.6 is 15.9 Å². The number of halogens is 1. The van der Waals surface area contributed by atoms with Crippen molar-refractivity contribution in [2.75, 3.05) is 19.6 Å². The predicted octanol–water partition coefficient (Wildman–Crippen LogP) is 2.88. The first kappa shape index (κ1) is 13.6. The van der Waals surface area contributed by atoms with Gasteiger partial charge in [-0.3, -0.25) is 9.69 Å². The number of nitrogens with zero attached hydrogens (tertiary/aromatic N) is 1. The first-order valence-electron chi connectivity index (χ1n) is 6.27. The van der Waals surface area contributed by atoms with Crippen LogP contribution in [0.2, 0.25) is 0 Å². The van der Waals surface area contributed by atoms with Gasteiger partial charge in [0.25, 0.3) is 0 Å². The molecule has 0 aromatic heterocycles. The molecule has 1 aromatic rings. The lowest BCUT2D eigenvalue weighted by Gasteiger charge is -2.31. The third-order valence-corrected chi connectivity index (χ3v) is 3.63. The maximum atomic E-state index is 11.0. The fourth-order valence-electron chi connectivity index (χ4n) is 2.21. The van der Waals surface area contributed by atoms with Gasteiger partial charge in [0.05, 0.1) is 6.54 Å².